The molecular weight excluding hydrogens is 390 g/mol. The van der Waals surface area contributed by atoms with E-state index < -0.39 is 5.60 Å². The van der Waals surface area contributed by atoms with Crippen LogP contribution in [0.4, 0.5) is 4.79 Å². The first-order valence-corrected chi connectivity index (χ1v) is 11.3. The number of hydrogen-bond donors (Lipinski definition) is 0. The summed E-state index contributed by atoms with van der Waals surface area (Å²) < 4.78 is 11.6. The fourth-order valence-electron chi connectivity index (χ4n) is 5.32. The van der Waals surface area contributed by atoms with Gasteiger partial charge in [0.25, 0.3) is 0 Å². The molecule has 2 atom stereocenters. The Kier molecular flexibility index (Phi) is 4.80. The first kappa shape index (κ1) is 20.1. The number of piperidine rings is 2. The van der Waals surface area contributed by atoms with Crippen molar-refractivity contribution in [1.82, 2.24) is 4.90 Å². The number of rotatable bonds is 2. The predicted octanol–water partition coefficient (Wildman–Crippen LogP) is 6.34. The standard InChI is InChI=1S/C26H29NO4/c1-26(2,3)31-25(29)27-18-7-6-8-19(27)14-17(13-18)24(28)16-11-12-23-21(15-16)20-9-4-5-10-22(20)30-23/h4-5,9-12,15,17-19H,6-8,13-14H2,1-3H3. The Labute approximate surface area is 182 Å². The van der Waals surface area contributed by atoms with Crippen molar-refractivity contribution in [2.24, 2.45) is 5.92 Å². The molecule has 5 rings (SSSR count). The fourth-order valence-corrected chi connectivity index (χ4v) is 5.32. The lowest BCUT2D eigenvalue weighted by Crippen LogP contribution is -2.56. The zero-order chi connectivity index (χ0) is 21.8. The number of fused-ring (bicyclic) bond motifs is 5. The van der Waals surface area contributed by atoms with E-state index in [9.17, 15) is 9.59 Å². The molecule has 0 spiro atoms. The third kappa shape index (κ3) is 3.71. The number of hydrogen-bond acceptors (Lipinski definition) is 4. The van der Waals surface area contributed by atoms with E-state index in [1.807, 2.05) is 68.1 Å². The van der Waals surface area contributed by atoms with Crippen molar-refractivity contribution in [2.45, 2.75) is 70.6 Å². The minimum atomic E-state index is -0.513. The summed E-state index contributed by atoms with van der Waals surface area (Å²) in [4.78, 5) is 28.2. The second-order valence-corrected chi connectivity index (χ2v) is 9.97. The third-order valence-electron chi connectivity index (χ3n) is 6.61. The van der Waals surface area contributed by atoms with Crippen molar-refractivity contribution in [1.29, 1.82) is 0 Å². The van der Waals surface area contributed by atoms with Crippen LogP contribution in [0.2, 0.25) is 0 Å². The van der Waals surface area contributed by atoms with Gasteiger partial charge in [0.1, 0.15) is 16.8 Å². The van der Waals surface area contributed by atoms with Crippen molar-refractivity contribution >= 4 is 33.8 Å². The van der Waals surface area contributed by atoms with Gasteiger partial charge in [-0.25, -0.2) is 4.79 Å². The predicted molar refractivity (Wildman–Crippen MR) is 120 cm³/mol. The average molecular weight is 420 g/mol. The summed E-state index contributed by atoms with van der Waals surface area (Å²) in [7, 11) is 0. The van der Waals surface area contributed by atoms with Gasteiger partial charge in [-0.15, -0.1) is 0 Å². The maximum Gasteiger partial charge on any atom is 0.410 e. The normalized spacial score (nSPS) is 23.8. The highest BCUT2D eigenvalue weighted by Gasteiger charge is 2.44. The number of nitrogens with zero attached hydrogens (tertiary/aromatic N) is 1. The molecule has 162 valence electrons. The van der Waals surface area contributed by atoms with E-state index in [4.69, 9.17) is 9.15 Å². The van der Waals surface area contributed by atoms with E-state index in [0.29, 0.717) is 12.8 Å². The topological polar surface area (TPSA) is 59.8 Å². The molecule has 0 radical (unpaired) electrons. The van der Waals surface area contributed by atoms with Crippen LogP contribution in [-0.2, 0) is 4.74 Å². The van der Waals surface area contributed by atoms with Crippen molar-refractivity contribution in [3.63, 3.8) is 0 Å². The van der Waals surface area contributed by atoms with Gasteiger partial charge in [-0.05, 0) is 77.1 Å². The van der Waals surface area contributed by atoms with Gasteiger partial charge in [0.05, 0.1) is 0 Å². The lowest BCUT2D eigenvalue weighted by molar-refractivity contribution is -0.0260. The van der Waals surface area contributed by atoms with Crippen LogP contribution in [0.25, 0.3) is 21.9 Å². The molecule has 5 heteroatoms. The molecule has 0 saturated carbocycles. The van der Waals surface area contributed by atoms with Crippen LogP contribution in [0, 0.1) is 5.92 Å². The maximum atomic E-state index is 13.5. The van der Waals surface area contributed by atoms with Gasteiger partial charge in [0.15, 0.2) is 5.78 Å². The van der Waals surface area contributed by atoms with Crippen LogP contribution < -0.4 is 0 Å². The van der Waals surface area contributed by atoms with Gasteiger partial charge in [-0.1, -0.05) is 18.2 Å². The number of Topliss-reactive ketones (excluding diaryl/α,β-unsaturated/α-hetero) is 1. The molecule has 2 unspecified atom stereocenters. The summed E-state index contributed by atoms with van der Waals surface area (Å²) in [5, 5.41) is 2.01. The minimum Gasteiger partial charge on any atom is -0.456 e. The van der Waals surface area contributed by atoms with E-state index >= 15 is 0 Å². The molecule has 2 aliphatic heterocycles. The number of amides is 1. The van der Waals surface area contributed by atoms with E-state index in [1.165, 1.54) is 0 Å². The Morgan fingerprint density at radius 3 is 2.35 bits per heavy atom. The summed E-state index contributed by atoms with van der Waals surface area (Å²) in [5.74, 6) is 0.109. The smallest absolute Gasteiger partial charge is 0.410 e. The van der Waals surface area contributed by atoms with Crippen molar-refractivity contribution in [3.8, 4) is 0 Å². The Morgan fingerprint density at radius 1 is 0.968 bits per heavy atom. The molecule has 3 heterocycles. The van der Waals surface area contributed by atoms with Crippen LogP contribution >= 0.6 is 0 Å². The molecule has 1 amide bonds. The second kappa shape index (κ2) is 7.40. The third-order valence-corrected chi connectivity index (χ3v) is 6.61. The van der Waals surface area contributed by atoms with Crippen LogP contribution in [0.1, 0.15) is 63.2 Å². The highest BCUT2D eigenvalue weighted by molar-refractivity contribution is 6.09. The molecule has 0 N–H and O–H groups in total. The molecule has 2 aliphatic rings. The van der Waals surface area contributed by atoms with Crippen LogP contribution in [-0.4, -0.2) is 34.5 Å². The number of carbonyl (C=O) groups excluding carboxylic acids is 2. The molecule has 31 heavy (non-hydrogen) atoms. The van der Waals surface area contributed by atoms with Gasteiger partial charge in [0, 0.05) is 34.3 Å². The highest BCUT2D eigenvalue weighted by Crippen LogP contribution is 2.39. The number of carbonyl (C=O) groups is 2. The molecule has 0 aliphatic carbocycles. The summed E-state index contributed by atoms with van der Waals surface area (Å²) >= 11 is 0. The Morgan fingerprint density at radius 2 is 1.65 bits per heavy atom. The van der Waals surface area contributed by atoms with E-state index in [0.717, 1.165) is 46.8 Å². The number of benzene rings is 2. The summed E-state index contributed by atoms with van der Waals surface area (Å²) in [6.45, 7) is 5.69. The Balaban J connectivity index is 1.40. The monoisotopic (exact) mass is 419 g/mol. The first-order valence-electron chi connectivity index (χ1n) is 11.3. The molecule has 2 fully saturated rings. The van der Waals surface area contributed by atoms with Crippen molar-refractivity contribution < 1.29 is 18.7 Å². The summed E-state index contributed by atoms with van der Waals surface area (Å²) in [6.07, 6.45) is 4.15. The number of para-hydroxylation sites is 1. The SMILES string of the molecule is CC(C)(C)OC(=O)N1C2CCCC1CC(C(=O)c1ccc3oc4ccccc4c3c1)C2. The molecule has 1 aromatic heterocycles. The number of ether oxygens (including phenoxy) is 1. The van der Waals surface area contributed by atoms with Crippen LogP contribution in [0.3, 0.4) is 0 Å². The zero-order valence-electron chi connectivity index (χ0n) is 18.4. The lowest BCUT2D eigenvalue weighted by Gasteiger charge is -2.48. The molecule has 2 saturated heterocycles. The molecule has 3 aromatic rings. The molecule has 2 aromatic carbocycles. The van der Waals surface area contributed by atoms with Gasteiger partial charge < -0.3 is 14.1 Å². The highest BCUT2D eigenvalue weighted by atomic mass is 16.6. The summed E-state index contributed by atoms with van der Waals surface area (Å²) in [5.41, 5.74) is 1.85. The Hall–Kier alpha value is -2.82. The summed E-state index contributed by atoms with van der Waals surface area (Å²) in [6, 6.07) is 13.8. The van der Waals surface area contributed by atoms with E-state index in [-0.39, 0.29) is 29.9 Å². The number of furan rings is 1. The van der Waals surface area contributed by atoms with Crippen LogP contribution in [0.15, 0.2) is 46.9 Å². The maximum absolute atomic E-state index is 13.5. The average Bonchev–Trinajstić information content (AvgIpc) is 3.09. The van der Waals surface area contributed by atoms with Crippen molar-refractivity contribution in [2.75, 3.05) is 0 Å². The van der Waals surface area contributed by atoms with Crippen LogP contribution in [0.5, 0.6) is 0 Å². The first-order chi connectivity index (χ1) is 14.8. The molecule has 2 bridgehead atoms. The Bertz CT molecular complexity index is 1140. The van der Waals surface area contributed by atoms with Gasteiger partial charge in [-0.2, -0.15) is 0 Å². The molecule has 5 nitrogen and oxygen atoms in total. The zero-order valence-corrected chi connectivity index (χ0v) is 18.4. The van der Waals surface area contributed by atoms with Crippen molar-refractivity contribution in [3.05, 3.63) is 48.0 Å². The largest absolute Gasteiger partial charge is 0.456 e. The van der Waals surface area contributed by atoms with E-state index in [2.05, 4.69) is 0 Å². The molecular formula is C26H29NO4. The quantitative estimate of drug-likeness (QED) is 0.455. The van der Waals surface area contributed by atoms with Gasteiger partial charge in [0.2, 0.25) is 0 Å². The van der Waals surface area contributed by atoms with E-state index in [1.54, 1.807) is 0 Å². The lowest BCUT2D eigenvalue weighted by atomic mass is 9.76. The van der Waals surface area contributed by atoms with Gasteiger partial charge in [-0.3, -0.25) is 4.79 Å². The second-order valence-electron chi connectivity index (χ2n) is 9.97. The minimum absolute atomic E-state index is 0.0652. The number of ketones is 1. The van der Waals surface area contributed by atoms with Gasteiger partial charge >= 0.3 is 6.09 Å². The fraction of sp³-hybridized carbons (Fsp3) is 0.462.